The van der Waals surface area contributed by atoms with Gasteiger partial charge < -0.3 is 15.0 Å². The molecule has 0 aliphatic carbocycles. The van der Waals surface area contributed by atoms with Crippen LogP contribution in [-0.2, 0) is 4.79 Å². The molecule has 1 aliphatic heterocycles. The predicted molar refractivity (Wildman–Crippen MR) is 110 cm³/mol. The first kappa shape index (κ1) is 19.1. The minimum absolute atomic E-state index is 0.0334. The van der Waals surface area contributed by atoms with Crippen LogP contribution in [0.15, 0.2) is 41.9 Å². The first-order valence-electron chi connectivity index (χ1n) is 9.33. The maximum Gasteiger partial charge on any atom is 0.271 e. The second-order valence-electron chi connectivity index (χ2n) is 6.79. The Morgan fingerprint density at radius 3 is 2.83 bits per heavy atom. The fourth-order valence-electron chi connectivity index (χ4n) is 3.37. The molecule has 2 N–H and O–H groups in total. The van der Waals surface area contributed by atoms with Gasteiger partial charge >= 0.3 is 0 Å². The van der Waals surface area contributed by atoms with Crippen LogP contribution in [0.1, 0.15) is 23.3 Å². The van der Waals surface area contributed by atoms with Gasteiger partial charge in [0.15, 0.2) is 5.13 Å². The molecule has 3 heterocycles. The zero-order valence-electron chi connectivity index (χ0n) is 15.9. The van der Waals surface area contributed by atoms with E-state index >= 15 is 0 Å². The van der Waals surface area contributed by atoms with Crippen LogP contribution in [0, 0.1) is 5.92 Å². The number of hydrogen-bond donors (Lipinski definition) is 2. The maximum absolute atomic E-state index is 12.8. The molecule has 8 nitrogen and oxygen atoms in total. The van der Waals surface area contributed by atoms with Crippen molar-refractivity contribution < 1.29 is 14.3 Å². The van der Waals surface area contributed by atoms with Crippen molar-refractivity contribution in [3.05, 3.63) is 47.6 Å². The molecule has 0 bridgehead atoms. The van der Waals surface area contributed by atoms with Crippen molar-refractivity contribution in [1.82, 2.24) is 20.1 Å². The van der Waals surface area contributed by atoms with E-state index in [0.717, 1.165) is 11.3 Å². The van der Waals surface area contributed by atoms with Crippen LogP contribution in [0.3, 0.4) is 0 Å². The van der Waals surface area contributed by atoms with Crippen LogP contribution in [0.2, 0.25) is 0 Å². The van der Waals surface area contributed by atoms with E-state index in [1.807, 2.05) is 29.6 Å². The van der Waals surface area contributed by atoms with Gasteiger partial charge in [0.2, 0.25) is 5.91 Å². The lowest BCUT2D eigenvalue weighted by atomic mass is 9.96. The number of H-pyrrole nitrogens is 1. The van der Waals surface area contributed by atoms with Crippen molar-refractivity contribution in [3.63, 3.8) is 0 Å². The van der Waals surface area contributed by atoms with Crippen LogP contribution in [0.5, 0.6) is 5.75 Å². The first-order chi connectivity index (χ1) is 14.1. The molecule has 1 saturated heterocycles. The number of amides is 2. The molecule has 2 aromatic heterocycles. The number of aromatic nitrogens is 3. The summed E-state index contributed by atoms with van der Waals surface area (Å²) in [7, 11) is 1.61. The number of ether oxygens (including phenoxy) is 1. The van der Waals surface area contributed by atoms with Crippen LogP contribution >= 0.6 is 11.3 Å². The molecular weight excluding hydrogens is 390 g/mol. The maximum atomic E-state index is 12.8. The standard InChI is InChI=1S/C20H21N5O3S/c1-28-15-4-2-3-14(11-15)16-12-17(24-23-16)19(27)25-8-5-13(6-9-25)18(26)22-20-21-7-10-29-20/h2-4,7,10-13H,5-6,8-9H2,1H3,(H,23,24)(H,21,22,26). The largest absolute Gasteiger partial charge is 0.497 e. The third-order valence-electron chi connectivity index (χ3n) is 4.99. The van der Waals surface area contributed by atoms with E-state index in [-0.39, 0.29) is 17.7 Å². The van der Waals surface area contributed by atoms with E-state index in [0.29, 0.717) is 42.5 Å². The number of rotatable bonds is 5. The average molecular weight is 411 g/mol. The summed E-state index contributed by atoms with van der Waals surface area (Å²) in [6.45, 7) is 1.06. The molecule has 2 amide bonds. The molecular formula is C20H21N5O3S. The summed E-state index contributed by atoms with van der Waals surface area (Å²) in [6.07, 6.45) is 2.91. The number of carbonyl (C=O) groups is 2. The number of hydrogen-bond acceptors (Lipinski definition) is 6. The van der Waals surface area contributed by atoms with Gasteiger partial charge in [-0.05, 0) is 31.0 Å². The molecule has 0 atom stereocenters. The third kappa shape index (κ3) is 4.29. The number of methoxy groups -OCH3 is 1. The van der Waals surface area contributed by atoms with Crippen molar-refractivity contribution in [2.24, 2.45) is 5.92 Å². The van der Waals surface area contributed by atoms with Gasteiger partial charge in [-0.3, -0.25) is 14.7 Å². The quantitative estimate of drug-likeness (QED) is 0.672. The molecule has 4 rings (SSSR count). The Hall–Kier alpha value is -3.20. The summed E-state index contributed by atoms with van der Waals surface area (Å²) in [5, 5.41) is 12.4. The van der Waals surface area contributed by atoms with Crippen molar-refractivity contribution in [3.8, 4) is 17.0 Å². The Kier molecular flexibility index (Phi) is 5.57. The normalized spacial score (nSPS) is 14.6. The number of nitrogens with one attached hydrogen (secondary N) is 2. The lowest BCUT2D eigenvalue weighted by molar-refractivity contribution is -0.121. The number of nitrogens with zero attached hydrogens (tertiary/aromatic N) is 3. The van der Waals surface area contributed by atoms with Gasteiger partial charge in [-0.2, -0.15) is 5.10 Å². The van der Waals surface area contributed by atoms with E-state index in [1.54, 1.807) is 24.3 Å². The van der Waals surface area contributed by atoms with E-state index in [9.17, 15) is 9.59 Å². The fraction of sp³-hybridized carbons (Fsp3) is 0.300. The van der Waals surface area contributed by atoms with Crippen molar-refractivity contribution in [2.45, 2.75) is 12.8 Å². The fourth-order valence-corrected chi connectivity index (χ4v) is 3.90. The molecule has 0 unspecified atom stereocenters. The summed E-state index contributed by atoms with van der Waals surface area (Å²) in [6, 6.07) is 9.28. The van der Waals surface area contributed by atoms with E-state index in [4.69, 9.17) is 4.74 Å². The minimum atomic E-state index is -0.114. The molecule has 1 aliphatic rings. The Labute approximate surface area is 171 Å². The summed E-state index contributed by atoms with van der Waals surface area (Å²) in [5.41, 5.74) is 2.00. The molecule has 29 heavy (non-hydrogen) atoms. The van der Waals surface area contributed by atoms with Gasteiger partial charge in [-0.25, -0.2) is 4.98 Å². The molecule has 150 valence electrons. The second-order valence-corrected chi connectivity index (χ2v) is 7.69. The monoisotopic (exact) mass is 411 g/mol. The van der Waals surface area contributed by atoms with Crippen molar-refractivity contribution >= 4 is 28.3 Å². The highest BCUT2D eigenvalue weighted by molar-refractivity contribution is 7.13. The Balaban J connectivity index is 1.36. The van der Waals surface area contributed by atoms with Crippen LogP contribution < -0.4 is 10.1 Å². The number of piperidine rings is 1. The summed E-state index contributed by atoms with van der Waals surface area (Å²) in [5.74, 6) is 0.480. The first-order valence-corrected chi connectivity index (χ1v) is 10.2. The van der Waals surface area contributed by atoms with Gasteiger partial charge in [-0.1, -0.05) is 12.1 Å². The Bertz CT molecular complexity index is 993. The molecule has 3 aromatic rings. The molecule has 0 radical (unpaired) electrons. The second kappa shape index (κ2) is 8.44. The number of aromatic amines is 1. The summed E-state index contributed by atoms with van der Waals surface area (Å²) >= 11 is 1.39. The van der Waals surface area contributed by atoms with E-state index < -0.39 is 0 Å². The van der Waals surface area contributed by atoms with Crippen LogP contribution in [0.25, 0.3) is 11.3 Å². The lowest BCUT2D eigenvalue weighted by Gasteiger charge is -2.30. The van der Waals surface area contributed by atoms with E-state index in [1.165, 1.54) is 11.3 Å². The van der Waals surface area contributed by atoms with E-state index in [2.05, 4.69) is 20.5 Å². The predicted octanol–water partition coefficient (Wildman–Crippen LogP) is 3.03. The van der Waals surface area contributed by atoms with Gasteiger partial charge in [0.1, 0.15) is 11.4 Å². The number of benzene rings is 1. The lowest BCUT2D eigenvalue weighted by Crippen LogP contribution is -2.41. The highest BCUT2D eigenvalue weighted by Crippen LogP contribution is 2.25. The van der Waals surface area contributed by atoms with Gasteiger partial charge in [0, 0.05) is 36.1 Å². The SMILES string of the molecule is COc1cccc(-c2cc(C(=O)N3CCC(C(=O)Nc4nccs4)CC3)[nH]n2)c1. The highest BCUT2D eigenvalue weighted by atomic mass is 32.1. The smallest absolute Gasteiger partial charge is 0.271 e. The zero-order valence-corrected chi connectivity index (χ0v) is 16.7. The number of anilines is 1. The van der Waals surface area contributed by atoms with Gasteiger partial charge in [-0.15, -0.1) is 11.3 Å². The minimum Gasteiger partial charge on any atom is -0.497 e. The Morgan fingerprint density at radius 2 is 2.10 bits per heavy atom. The highest BCUT2D eigenvalue weighted by Gasteiger charge is 2.29. The summed E-state index contributed by atoms with van der Waals surface area (Å²) < 4.78 is 5.24. The van der Waals surface area contributed by atoms with Crippen LogP contribution in [-0.4, -0.2) is 52.1 Å². The van der Waals surface area contributed by atoms with Gasteiger partial charge in [0.05, 0.1) is 12.8 Å². The summed E-state index contributed by atoms with van der Waals surface area (Å²) in [4.78, 5) is 31.0. The molecule has 0 saturated carbocycles. The van der Waals surface area contributed by atoms with Crippen molar-refractivity contribution in [2.75, 3.05) is 25.5 Å². The molecule has 0 spiro atoms. The average Bonchev–Trinajstić information content (AvgIpc) is 3.46. The molecule has 9 heteroatoms. The topological polar surface area (TPSA) is 100 Å². The number of thiazole rings is 1. The van der Waals surface area contributed by atoms with Crippen molar-refractivity contribution in [1.29, 1.82) is 0 Å². The molecule has 1 aromatic carbocycles. The Morgan fingerprint density at radius 1 is 1.28 bits per heavy atom. The van der Waals surface area contributed by atoms with Crippen LogP contribution in [0.4, 0.5) is 5.13 Å². The molecule has 1 fully saturated rings. The number of carbonyl (C=O) groups excluding carboxylic acids is 2. The third-order valence-corrected chi connectivity index (χ3v) is 5.68. The van der Waals surface area contributed by atoms with Gasteiger partial charge in [0.25, 0.3) is 5.91 Å². The zero-order chi connectivity index (χ0) is 20.2. The number of likely N-dealkylation sites (tertiary alicyclic amines) is 1.